The zero-order chi connectivity index (χ0) is 18.5. The van der Waals surface area contributed by atoms with Gasteiger partial charge in [-0.2, -0.15) is 5.26 Å². The summed E-state index contributed by atoms with van der Waals surface area (Å²) in [6.07, 6.45) is 0.362. The van der Waals surface area contributed by atoms with Crippen LogP contribution in [0.2, 0.25) is 0 Å². The molecule has 0 spiro atoms. The van der Waals surface area contributed by atoms with Crippen molar-refractivity contribution in [3.05, 3.63) is 71.0 Å². The molecule has 1 fully saturated rings. The van der Waals surface area contributed by atoms with Crippen LogP contribution in [0, 0.1) is 23.1 Å². The van der Waals surface area contributed by atoms with Crippen LogP contribution >= 0.6 is 0 Å². The number of carbonyl (C=O) groups is 2. The molecule has 2 aromatic rings. The largest absolute Gasteiger partial charge is 0.352 e. The number of nitriles is 1. The molecule has 1 aliphatic heterocycles. The lowest BCUT2D eigenvalue weighted by atomic mass is 10.1. The lowest BCUT2D eigenvalue weighted by Gasteiger charge is -2.17. The molecule has 1 unspecified atom stereocenters. The lowest BCUT2D eigenvalue weighted by molar-refractivity contribution is -0.128. The molecule has 0 bridgehead atoms. The van der Waals surface area contributed by atoms with Crippen LogP contribution in [0.25, 0.3) is 0 Å². The van der Waals surface area contributed by atoms with Crippen molar-refractivity contribution in [3.8, 4) is 6.07 Å². The van der Waals surface area contributed by atoms with Crippen molar-refractivity contribution in [1.29, 1.82) is 5.26 Å². The normalized spacial score (nSPS) is 16.4. The third-order valence-corrected chi connectivity index (χ3v) is 4.43. The summed E-state index contributed by atoms with van der Waals surface area (Å²) in [7, 11) is 0. The Labute approximate surface area is 151 Å². The minimum Gasteiger partial charge on any atom is -0.352 e. The average molecular weight is 351 g/mol. The van der Waals surface area contributed by atoms with Crippen LogP contribution in [0.15, 0.2) is 48.5 Å². The first-order chi connectivity index (χ1) is 12.6. The van der Waals surface area contributed by atoms with E-state index in [-0.39, 0.29) is 23.0 Å². The summed E-state index contributed by atoms with van der Waals surface area (Å²) < 4.78 is 13.6. The molecule has 1 N–H and O–H groups in total. The van der Waals surface area contributed by atoms with Gasteiger partial charge in [0, 0.05) is 32.0 Å². The standard InChI is InChI=1S/C20H18FN3O2/c21-18-8-4-7-16(17(18)10-22)20(26)23-11-15-9-19(25)24(13-15)12-14-5-2-1-3-6-14/h1-8,15H,9,11-13H2,(H,23,26). The van der Waals surface area contributed by atoms with Gasteiger partial charge in [-0.15, -0.1) is 0 Å². The van der Waals surface area contributed by atoms with E-state index in [1.165, 1.54) is 12.1 Å². The maximum atomic E-state index is 13.6. The highest BCUT2D eigenvalue weighted by atomic mass is 19.1. The van der Waals surface area contributed by atoms with Crippen molar-refractivity contribution >= 4 is 11.8 Å². The molecule has 0 aromatic heterocycles. The van der Waals surface area contributed by atoms with Crippen LogP contribution < -0.4 is 5.32 Å². The molecule has 1 aliphatic rings. The molecule has 0 radical (unpaired) electrons. The summed E-state index contributed by atoms with van der Waals surface area (Å²) in [5.74, 6) is -1.17. The van der Waals surface area contributed by atoms with Gasteiger partial charge < -0.3 is 10.2 Å². The summed E-state index contributed by atoms with van der Waals surface area (Å²) in [4.78, 5) is 26.2. The Bertz CT molecular complexity index is 861. The summed E-state index contributed by atoms with van der Waals surface area (Å²) in [6, 6.07) is 15.4. The first-order valence-electron chi connectivity index (χ1n) is 8.37. The SMILES string of the molecule is N#Cc1c(F)cccc1C(=O)NCC1CC(=O)N(Cc2ccccc2)C1. The van der Waals surface area contributed by atoms with Crippen molar-refractivity contribution in [3.63, 3.8) is 0 Å². The molecular weight excluding hydrogens is 333 g/mol. The van der Waals surface area contributed by atoms with Gasteiger partial charge in [0.25, 0.3) is 5.91 Å². The molecule has 1 atom stereocenters. The predicted molar refractivity (Wildman–Crippen MR) is 93.4 cm³/mol. The highest BCUT2D eigenvalue weighted by Gasteiger charge is 2.30. The number of amides is 2. The van der Waals surface area contributed by atoms with Crippen LogP contribution in [0.3, 0.4) is 0 Å². The maximum absolute atomic E-state index is 13.6. The van der Waals surface area contributed by atoms with Crippen molar-refractivity contribution in [2.24, 2.45) is 5.92 Å². The topological polar surface area (TPSA) is 73.2 Å². The van der Waals surface area contributed by atoms with E-state index in [0.717, 1.165) is 11.6 Å². The van der Waals surface area contributed by atoms with Gasteiger partial charge in [-0.3, -0.25) is 9.59 Å². The van der Waals surface area contributed by atoms with Gasteiger partial charge in [0.1, 0.15) is 17.4 Å². The van der Waals surface area contributed by atoms with Gasteiger partial charge >= 0.3 is 0 Å². The molecule has 132 valence electrons. The maximum Gasteiger partial charge on any atom is 0.252 e. The molecule has 2 aromatic carbocycles. The fraction of sp³-hybridized carbons (Fsp3) is 0.250. The third kappa shape index (κ3) is 3.89. The number of benzene rings is 2. The average Bonchev–Trinajstić information content (AvgIpc) is 3.00. The van der Waals surface area contributed by atoms with Gasteiger partial charge in [-0.1, -0.05) is 36.4 Å². The van der Waals surface area contributed by atoms with E-state index in [4.69, 9.17) is 5.26 Å². The Balaban J connectivity index is 1.58. The van der Waals surface area contributed by atoms with Gasteiger partial charge in [0.15, 0.2) is 0 Å². The van der Waals surface area contributed by atoms with E-state index >= 15 is 0 Å². The smallest absolute Gasteiger partial charge is 0.252 e. The second kappa shape index (κ2) is 7.79. The van der Waals surface area contributed by atoms with E-state index in [9.17, 15) is 14.0 Å². The number of rotatable bonds is 5. The van der Waals surface area contributed by atoms with E-state index in [1.54, 1.807) is 11.0 Å². The van der Waals surface area contributed by atoms with E-state index in [0.29, 0.717) is 26.1 Å². The number of likely N-dealkylation sites (tertiary alicyclic amines) is 1. The Kier molecular flexibility index (Phi) is 5.28. The number of halogens is 1. The van der Waals surface area contributed by atoms with E-state index in [1.807, 2.05) is 30.3 Å². The van der Waals surface area contributed by atoms with Crippen LogP contribution in [0.1, 0.15) is 27.9 Å². The predicted octanol–water partition coefficient (Wildman–Crippen LogP) is 2.48. The zero-order valence-electron chi connectivity index (χ0n) is 14.1. The zero-order valence-corrected chi connectivity index (χ0v) is 14.1. The number of hydrogen-bond donors (Lipinski definition) is 1. The van der Waals surface area contributed by atoms with Gasteiger partial charge in [-0.25, -0.2) is 4.39 Å². The van der Waals surface area contributed by atoms with Gasteiger partial charge in [0.2, 0.25) is 5.91 Å². The third-order valence-electron chi connectivity index (χ3n) is 4.43. The molecule has 2 amide bonds. The van der Waals surface area contributed by atoms with Crippen LogP contribution in [-0.2, 0) is 11.3 Å². The number of hydrogen-bond acceptors (Lipinski definition) is 3. The van der Waals surface area contributed by atoms with Crippen molar-refractivity contribution < 1.29 is 14.0 Å². The highest BCUT2D eigenvalue weighted by molar-refractivity contribution is 5.96. The van der Waals surface area contributed by atoms with Gasteiger partial charge in [-0.05, 0) is 17.7 Å². The molecule has 1 saturated heterocycles. The number of carbonyl (C=O) groups excluding carboxylic acids is 2. The summed E-state index contributed by atoms with van der Waals surface area (Å²) >= 11 is 0. The monoisotopic (exact) mass is 351 g/mol. The summed E-state index contributed by atoms with van der Waals surface area (Å²) in [6.45, 7) is 1.41. The molecular formula is C20H18FN3O2. The van der Waals surface area contributed by atoms with Crippen molar-refractivity contribution in [2.75, 3.05) is 13.1 Å². The first-order valence-corrected chi connectivity index (χ1v) is 8.37. The Morgan fingerprint density at radius 3 is 2.73 bits per heavy atom. The van der Waals surface area contributed by atoms with Crippen molar-refractivity contribution in [2.45, 2.75) is 13.0 Å². The first kappa shape index (κ1) is 17.6. The van der Waals surface area contributed by atoms with E-state index in [2.05, 4.69) is 5.32 Å². The van der Waals surface area contributed by atoms with Crippen molar-refractivity contribution in [1.82, 2.24) is 10.2 Å². The highest BCUT2D eigenvalue weighted by Crippen LogP contribution is 2.20. The number of nitrogens with one attached hydrogen (secondary N) is 1. The Morgan fingerprint density at radius 1 is 1.23 bits per heavy atom. The minimum atomic E-state index is -0.717. The quantitative estimate of drug-likeness (QED) is 0.899. The molecule has 0 aliphatic carbocycles. The number of nitrogens with zero attached hydrogens (tertiary/aromatic N) is 2. The molecule has 5 nitrogen and oxygen atoms in total. The Hall–Kier alpha value is -3.20. The fourth-order valence-corrected chi connectivity index (χ4v) is 3.11. The molecule has 3 rings (SSSR count). The summed E-state index contributed by atoms with van der Waals surface area (Å²) in [5, 5.41) is 11.7. The second-order valence-corrected chi connectivity index (χ2v) is 6.31. The minimum absolute atomic E-state index is 0.00532. The van der Waals surface area contributed by atoms with Crippen LogP contribution in [0.4, 0.5) is 4.39 Å². The molecule has 1 heterocycles. The molecule has 26 heavy (non-hydrogen) atoms. The summed E-state index contributed by atoms with van der Waals surface area (Å²) in [5.41, 5.74) is 0.806. The molecule has 6 heteroatoms. The van der Waals surface area contributed by atoms with E-state index < -0.39 is 11.7 Å². The fourth-order valence-electron chi connectivity index (χ4n) is 3.11. The Morgan fingerprint density at radius 2 is 2.00 bits per heavy atom. The molecule has 0 saturated carbocycles. The van der Waals surface area contributed by atoms with Crippen LogP contribution in [0.5, 0.6) is 0 Å². The van der Waals surface area contributed by atoms with Gasteiger partial charge in [0.05, 0.1) is 5.56 Å². The second-order valence-electron chi connectivity index (χ2n) is 6.31. The van der Waals surface area contributed by atoms with Crippen LogP contribution in [-0.4, -0.2) is 29.8 Å². The lowest BCUT2D eigenvalue weighted by Crippen LogP contribution is -2.31.